The molecule has 1 rings (SSSR count). The van der Waals surface area contributed by atoms with E-state index in [0.29, 0.717) is 12.6 Å². The van der Waals surface area contributed by atoms with Gasteiger partial charge >= 0.3 is 5.97 Å². The van der Waals surface area contributed by atoms with E-state index in [0.717, 1.165) is 6.54 Å². The van der Waals surface area contributed by atoms with Gasteiger partial charge in [-0.1, -0.05) is 13.3 Å². The largest absolute Gasteiger partial charge is 0.466 e. The highest BCUT2D eigenvalue weighted by Gasteiger charge is 2.25. The number of hydrogen-bond donors (Lipinski definition) is 0. The van der Waals surface area contributed by atoms with Gasteiger partial charge in [0.05, 0.1) is 12.5 Å². The van der Waals surface area contributed by atoms with Gasteiger partial charge in [-0.05, 0) is 26.8 Å². The zero-order chi connectivity index (χ0) is 10.6. The van der Waals surface area contributed by atoms with Crippen LogP contribution in [0.2, 0.25) is 0 Å². The Balaban J connectivity index is 2.24. The van der Waals surface area contributed by atoms with Gasteiger partial charge in [-0.2, -0.15) is 0 Å². The van der Waals surface area contributed by atoms with Crippen molar-refractivity contribution in [3.05, 3.63) is 0 Å². The zero-order valence-corrected chi connectivity index (χ0v) is 9.45. The van der Waals surface area contributed by atoms with Crippen LogP contribution in [-0.2, 0) is 9.53 Å². The molecule has 14 heavy (non-hydrogen) atoms. The van der Waals surface area contributed by atoms with Crippen LogP contribution in [-0.4, -0.2) is 37.1 Å². The summed E-state index contributed by atoms with van der Waals surface area (Å²) in [4.78, 5) is 13.6. The van der Waals surface area contributed by atoms with Gasteiger partial charge in [-0.3, -0.25) is 4.79 Å². The third-order valence-corrected chi connectivity index (χ3v) is 2.95. The van der Waals surface area contributed by atoms with Crippen LogP contribution in [0.3, 0.4) is 0 Å². The Hall–Kier alpha value is -0.570. The van der Waals surface area contributed by atoms with E-state index in [2.05, 4.69) is 11.9 Å². The molecule has 0 bridgehead atoms. The highest BCUT2D eigenvalue weighted by Crippen LogP contribution is 2.24. The van der Waals surface area contributed by atoms with Crippen LogP contribution in [0.1, 0.15) is 33.1 Å². The van der Waals surface area contributed by atoms with Crippen molar-refractivity contribution in [2.24, 2.45) is 5.92 Å². The summed E-state index contributed by atoms with van der Waals surface area (Å²) < 4.78 is 4.97. The first kappa shape index (κ1) is 11.5. The van der Waals surface area contributed by atoms with Crippen molar-refractivity contribution >= 4 is 5.97 Å². The minimum atomic E-state index is -0.0707. The second-order valence-electron chi connectivity index (χ2n) is 4.18. The number of carbonyl (C=O) groups excluding carboxylic acids is 1. The summed E-state index contributed by atoms with van der Waals surface area (Å²) in [5.41, 5.74) is 0. The van der Waals surface area contributed by atoms with Crippen molar-refractivity contribution in [2.45, 2.75) is 39.2 Å². The molecule has 1 fully saturated rings. The van der Waals surface area contributed by atoms with Crippen molar-refractivity contribution in [2.75, 3.05) is 20.2 Å². The van der Waals surface area contributed by atoms with E-state index in [1.54, 1.807) is 0 Å². The Bertz CT molecular complexity index is 190. The maximum atomic E-state index is 11.4. The molecular formula is C11H21NO2. The summed E-state index contributed by atoms with van der Waals surface area (Å²) in [5, 5.41) is 0. The van der Waals surface area contributed by atoms with Gasteiger partial charge in [0.1, 0.15) is 0 Å². The molecule has 0 N–H and O–H groups in total. The van der Waals surface area contributed by atoms with Crippen LogP contribution in [0, 0.1) is 5.92 Å². The van der Waals surface area contributed by atoms with Crippen LogP contribution in [0.4, 0.5) is 0 Å². The van der Waals surface area contributed by atoms with Gasteiger partial charge in [0, 0.05) is 12.6 Å². The summed E-state index contributed by atoms with van der Waals surface area (Å²) in [5.74, 6) is -0.0702. The topological polar surface area (TPSA) is 29.5 Å². The first-order valence-corrected chi connectivity index (χ1v) is 5.52. The highest BCUT2D eigenvalue weighted by molar-refractivity contribution is 5.72. The SMILES string of the molecule is CCOC(=O)C(C)CN(C)C1CCC1. The lowest BCUT2D eigenvalue weighted by atomic mass is 9.91. The number of hydrogen-bond acceptors (Lipinski definition) is 3. The Morgan fingerprint density at radius 3 is 2.64 bits per heavy atom. The lowest BCUT2D eigenvalue weighted by Crippen LogP contribution is -2.41. The average molecular weight is 199 g/mol. The van der Waals surface area contributed by atoms with Crippen molar-refractivity contribution in [3.63, 3.8) is 0 Å². The third kappa shape index (κ3) is 2.98. The van der Waals surface area contributed by atoms with Crippen molar-refractivity contribution < 1.29 is 9.53 Å². The van der Waals surface area contributed by atoms with E-state index in [1.807, 2.05) is 13.8 Å². The fourth-order valence-electron chi connectivity index (χ4n) is 1.77. The van der Waals surface area contributed by atoms with E-state index in [9.17, 15) is 4.79 Å². The summed E-state index contributed by atoms with van der Waals surface area (Å²) in [6.45, 7) is 5.09. The molecule has 1 unspecified atom stereocenters. The summed E-state index contributed by atoms with van der Waals surface area (Å²) in [6, 6.07) is 0.701. The molecule has 3 nitrogen and oxygen atoms in total. The van der Waals surface area contributed by atoms with Gasteiger partial charge in [-0.25, -0.2) is 0 Å². The average Bonchev–Trinajstić information content (AvgIpc) is 2.00. The molecule has 1 atom stereocenters. The smallest absolute Gasteiger partial charge is 0.309 e. The second kappa shape index (κ2) is 5.35. The fraction of sp³-hybridized carbons (Fsp3) is 0.909. The first-order chi connectivity index (χ1) is 6.65. The monoisotopic (exact) mass is 199 g/mol. The van der Waals surface area contributed by atoms with Crippen LogP contribution < -0.4 is 0 Å². The standard InChI is InChI=1S/C11H21NO2/c1-4-14-11(13)9(2)8-12(3)10-6-5-7-10/h9-10H,4-8H2,1-3H3. The Morgan fingerprint density at radius 2 is 2.21 bits per heavy atom. The van der Waals surface area contributed by atoms with Crippen LogP contribution >= 0.6 is 0 Å². The molecule has 1 aliphatic carbocycles. The summed E-state index contributed by atoms with van der Waals surface area (Å²) in [6.07, 6.45) is 3.90. The molecule has 0 amide bonds. The van der Waals surface area contributed by atoms with Crippen LogP contribution in [0.15, 0.2) is 0 Å². The fourth-order valence-corrected chi connectivity index (χ4v) is 1.77. The van der Waals surface area contributed by atoms with Crippen molar-refractivity contribution in [1.29, 1.82) is 0 Å². The van der Waals surface area contributed by atoms with E-state index >= 15 is 0 Å². The van der Waals surface area contributed by atoms with Gasteiger partial charge in [0.25, 0.3) is 0 Å². The van der Waals surface area contributed by atoms with E-state index in [4.69, 9.17) is 4.74 Å². The van der Waals surface area contributed by atoms with Gasteiger partial charge in [-0.15, -0.1) is 0 Å². The molecule has 1 aliphatic rings. The summed E-state index contributed by atoms with van der Waals surface area (Å²) in [7, 11) is 2.10. The number of rotatable bonds is 5. The van der Waals surface area contributed by atoms with E-state index < -0.39 is 0 Å². The van der Waals surface area contributed by atoms with Gasteiger partial charge in [0.2, 0.25) is 0 Å². The Labute approximate surface area is 86.4 Å². The minimum absolute atomic E-state index is 0.000509. The predicted molar refractivity (Wildman–Crippen MR) is 56.1 cm³/mol. The van der Waals surface area contributed by atoms with E-state index in [-0.39, 0.29) is 11.9 Å². The zero-order valence-electron chi connectivity index (χ0n) is 9.45. The molecule has 0 aromatic carbocycles. The maximum absolute atomic E-state index is 11.4. The molecule has 82 valence electrons. The third-order valence-electron chi connectivity index (χ3n) is 2.95. The molecule has 0 spiro atoms. The molecule has 1 saturated carbocycles. The van der Waals surface area contributed by atoms with E-state index in [1.165, 1.54) is 19.3 Å². The number of ether oxygens (including phenoxy) is 1. The molecule has 0 radical (unpaired) electrons. The highest BCUT2D eigenvalue weighted by atomic mass is 16.5. The van der Waals surface area contributed by atoms with Crippen LogP contribution in [0.25, 0.3) is 0 Å². The van der Waals surface area contributed by atoms with Gasteiger partial charge < -0.3 is 9.64 Å². The molecule has 0 aromatic heterocycles. The maximum Gasteiger partial charge on any atom is 0.309 e. The predicted octanol–water partition coefficient (Wildman–Crippen LogP) is 1.67. The second-order valence-corrected chi connectivity index (χ2v) is 4.18. The number of esters is 1. The van der Waals surface area contributed by atoms with Gasteiger partial charge in [0.15, 0.2) is 0 Å². The molecule has 3 heteroatoms. The number of nitrogens with zero attached hydrogens (tertiary/aromatic N) is 1. The quantitative estimate of drug-likeness (QED) is 0.631. The minimum Gasteiger partial charge on any atom is -0.466 e. The first-order valence-electron chi connectivity index (χ1n) is 5.52. The molecule has 0 aromatic rings. The van der Waals surface area contributed by atoms with Crippen molar-refractivity contribution in [1.82, 2.24) is 4.90 Å². The molecular weight excluding hydrogens is 178 g/mol. The molecule has 0 heterocycles. The Kier molecular flexibility index (Phi) is 4.39. The lowest BCUT2D eigenvalue weighted by molar-refractivity contribution is -0.148. The Morgan fingerprint density at radius 1 is 1.57 bits per heavy atom. The normalized spacial score (nSPS) is 19.1. The molecule has 0 aliphatic heterocycles. The summed E-state index contributed by atoms with van der Waals surface area (Å²) >= 11 is 0. The lowest BCUT2D eigenvalue weighted by Gasteiger charge is -2.35. The van der Waals surface area contributed by atoms with Crippen molar-refractivity contribution in [3.8, 4) is 0 Å². The van der Waals surface area contributed by atoms with Crippen LogP contribution in [0.5, 0.6) is 0 Å². The molecule has 0 saturated heterocycles. The number of carbonyl (C=O) groups is 1.